The van der Waals surface area contributed by atoms with Gasteiger partial charge in [-0.2, -0.15) is 4.39 Å². The van der Waals surface area contributed by atoms with E-state index in [-0.39, 0.29) is 3.70 Å². The Morgan fingerprint density at radius 3 is 2.44 bits per heavy atom. The van der Waals surface area contributed by atoms with Crippen LogP contribution in [0.2, 0.25) is 0 Å². The van der Waals surface area contributed by atoms with Crippen LogP contribution in [0.4, 0.5) is 8.78 Å². The summed E-state index contributed by atoms with van der Waals surface area (Å²) in [7, 11) is 0. The van der Waals surface area contributed by atoms with Gasteiger partial charge >= 0.3 is 0 Å². The van der Waals surface area contributed by atoms with Crippen molar-refractivity contribution in [1.29, 1.82) is 0 Å². The molecule has 1 heterocycles. The second kappa shape index (κ2) is 2.55. The van der Waals surface area contributed by atoms with Gasteiger partial charge in [-0.3, -0.25) is 0 Å². The molecule has 1 rings (SSSR count). The Bertz CT molecular complexity index is 226. The number of hydrogen-bond acceptors (Lipinski definition) is 1. The highest BCUT2D eigenvalue weighted by atomic mass is 127. The average Bonchev–Trinajstić information content (AvgIpc) is 1.80. The fourth-order valence-electron chi connectivity index (χ4n) is 0.395. The molecule has 0 unspecified atom stereocenters. The molecule has 48 valence electrons. The maximum Gasteiger partial charge on any atom is 0.214 e. The van der Waals surface area contributed by atoms with Crippen molar-refractivity contribution in [3.8, 4) is 0 Å². The van der Waals surface area contributed by atoms with E-state index >= 15 is 0 Å². The fraction of sp³-hybridized carbons (Fsp3) is 0. The maximum absolute atomic E-state index is 12.3. The van der Waals surface area contributed by atoms with Gasteiger partial charge in [0.1, 0.15) is 3.70 Å². The van der Waals surface area contributed by atoms with Crippen LogP contribution in [0.1, 0.15) is 0 Å². The number of nitrogens with zero attached hydrogens (tertiary/aromatic N) is 1. The molecular formula is C5H2F2IN. The Labute approximate surface area is 64.2 Å². The second-order valence-corrected chi connectivity index (χ2v) is 2.43. The molecule has 0 atom stereocenters. The average molecular weight is 241 g/mol. The van der Waals surface area contributed by atoms with Crippen LogP contribution in [0.15, 0.2) is 12.1 Å². The zero-order valence-corrected chi connectivity index (χ0v) is 6.39. The predicted molar refractivity (Wildman–Crippen MR) is 36.9 cm³/mol. The molecule has 0 bridgehead atoms. The summed E-state index contributed by atoms with van der Waals surface area (Å²) in [6, 6.07) is 2.03. The first-order valence-corrected chi connectivity index (χ1v) is 3.25. The van der Waals surface area contributed by atoms with Crippen LogP contribution in [0.5, 0.6) is 0 Å². The van der Waals surface area contributed by atoms with Crippen LogP contribution < -0.4 is 0 Å². The molecular weight excluding hydrogens is 239 g/mol. The normalized spacial score (nSPS) is 9.67. The van der Waals surface area contributed by atoms with Crippen LogP contribution >= 0.6 is 22.6 Å². The van der Waals surface area contributed by atoms with Gasteiger partial charge in [0.25, 0.3) is 0 Å². The van der Waals surface area contributed by atoms with Gasteiger partial charge < -0.3 is 0 Å². The molecule has 0 aliphatic heterocycles. The highest BCUT2D eigenvalue weighted by Crippen LogP contribution is 2.06. The largest absolute Gasteiger partial charge is 0.214 e. The van der Waals surface area contributed by atoms with E-state index in [4.69, 9.17) is 0 Å². The Hall–Kier alpha value is -0.260. The fourth-order valence-corrected chi connectivity index (χ4v) is 0.805. The van der Waals surface area contributed by atoms with E-state index in [0.29, 0.717) is 0 Å². The van der Waals surface area contributed by atoms with E-state index in [1.54, 1.807) is 22.6 Å². The molecule has 0 radical (unpaired) electrons. The molecule has 0 aliphatic carbocycles. The summed E-state index contributed by atoms with van der Waals surface area (Å²) < 4.78 is 24.4. The van der Waals surface area contributed by atoms with Gasteiger partial charge in [0.05, 0.1) is 0 Å². The number of hydrogen-bond donors (Lipinski definition) is 0. The predicted octanol–water partition coefficient (Wildman–Crippen LogP) is 1.96. The first-order chi connectivity index (χ1) is 4.20. The van der Waals surface area contributed by atoms with E-state index in [2.05, 4.69) is 4.98 Å². The monoisotopic (exact) mass is 241 g/mol. The summed E-state index contributed by atoms with van der Waals surface area (Å²) >= 11 is 1.62. The minimum absolute atomic E-state index is 0.0626. The van der Waals surface area contributed by atoms with Crippen LogP contribution in [0.25, 0.3) is 0 Å². The molecule has 0 amide bonds. The lowest BCUT2D eigenvalue weighted by Gasteiger charge is -1.89. The third kappa shape index (κ3) is 1.57. The first kappa shape index (κ1) is 6.85. The zero-order valence-electron chi connectivity index (χ0n) is 4.24. The zero-order chi connectivity index (χ0) is 6.85. The van der Waals surface area contributed by atoms with Crippen molar-refractivity contribution in [1.82, 2.24) is 4.98 Å². The molecule has 0 aromatic carbocycles. The number of aromatic nitrogens is 1. The third-order valence-corrected chi connectivity index (χ3v) is 1.53. The van der Waals surface area contributed by atoms with Gasteiger partial charge in [-0.15, -0.1) is 0 Å². The van der Waals surface area contributed by atoms with Crippen molar-refractivity contribution in [2.24, 2.45) is 0 Å². The molecule has 0 saturated heterocycles. The van der Waals surface area contributed by atoms with Gasteiger partial charge in [0, 0.05) is 0 Å². The standard InChI is InChI=1S/C5H2F2IN/c6-3-1-2-4(7)9-5(3)8/h1-2H. The molecule has 1 aromatic heterocycles. The van der Waals surface area contributed by atoms with Crippen LogP contribution in [0, 0.1) is 15.5 Å². The summed E-state index contributed by atoms with van der Waals surface area (Å²) in [6.45, 7) is 0. The van der Waals surface area contributed by atoms with Crippen molar-refractivity contribution in [2.45, 2.75) is 0 Å². The van der Waals surface area contributed by atoms with Crippen molar-refractivity contribution < 1.29 is 8.78 Å². The molecule has 0 saturated carbocycles. The Kier molecular flexibility index (Phi) is 1.94. The Morgan fingerprint density at radius 2 is 2.00 bits per heavy atom. The first-order valence-electron chi connectivity index (χ1n) is 2.17. The van der Waals surface area contributed by atoms with Crippen molar-refractivity contribution in [2.75, 3.05) is 0 Å². The van der Waals surface area contributed by atoms with E-state index in [0.717, 1.165) is 12.1 Å². The lowest BCUT2D eigenvalue weighted by Crippen LogP contribution is -1.89. The summed E-state index contributed by atoms with van der Waals surface area (Å²) in [4.78, 5) is 3.22. The molecule has 0 aliphatic rings. The number of pyridine rings is 1. The van der Waals surface area contributed by atoms with Gasteiger partial charge in [-0.05, 0) is 34.7 Å². The van der Waals surface area contributed by atoms with Crippen molar-refractivity contribution in [3.05, 3.63) is 27.6 Å². The SMILES string of the molecule is Fc1ccc(F)c(I)n1. The number of halogens is 3. The van der Waals surface area contributed by atoms with Gasteiger partial charge in [0.15, 0.2) is 5.82 Å². The third-order valence-electron chi connectivity index (χ3n) is 0.769. The van der Waals surface area contributed by atoms with Gasteiger partial charge in [-0.1, -0.05) is 0 Å². The lowest BCUT2D eigenvalue weighted by atomic mass is 10.5. The topological polar surface area (TPSA) is 12.9 Å². The van der Waals surface area contributed by atoms with Crippen LogP contribution in [0.3, 0.4) is 0 Å². The molecule has 0 N–H and O–H groups in total. The quantitative estimate of drug-likeness (QED) is 0.499. The summed E-state index contributed by atoms with van der Waals surface area (Å²) in [5, 5.41) is 0. The molecule has 1 aromatic rings. The van der Waals surface area contributed by atoms with E-state index in [9.17, 15) is 8.78 Å². The Balaban J connectivity index is 3.17. The van der Waals surface area contributed by atoms with E-state index in [1.165, 1.54) is 0 Å². The van der Waals surface area contributed by atoms with Gasteiger partial charge in [-0.25, -0.2) is 9.37 Å². The van der Waals surface area contributed by atoms with Gasteiger partial charge in [0.2, 0.25) is 5.95 Å². The van der Waals surface area contributed by atoms with Crippen LogP contribution in [-0.4, -0.2) is 4.98 Å². The lowest BCUT2D eigenvalue weighted by molar-refractivity contribution is 0.551. The van der Waals surface area contributed by atoms with Crippen LogP contribution in [-0.2, 0) is 0 Å². The van der Waals surface area contributed by atoms with E-state index < -0.39 is 11.8 Å². The Morgan fingerprint density at radius 1 is 1.33 bits per heavy atom. The molecule has 4 heteroatoms. The molecule has 0 spiro atoms. The molecule has 0 fully saturated rings. The summed E-state index contributed by atoms with van der Waals surface area (Å²) in [5.74, 6) is -1.14. The van der Waals surface area contributed by atoms with Crippen molar-refractivity contribution in [3.63, 3.8) is 0 Å². The van der Waals surface area contributed by atoms with Crippen molar-refractivity contribution >= 4 is 22.6 Å². The molecule has 1 nitrogen and oxygen atoms in total. The smallest absolute Gasteiger partial charge is 0.211 e. The number of rotatable bonds is 0. The van der Waals surface area contributed by atoms with E-state index in [1.807, 2.05) is 0 Å². The molecule has 9 heavy (non-hydrogen) atoms. The minimum atomic E-state index is -0.652. The minimum Gasteiger partial charge on any atom is -0.211 e. The summed E-state index contributed by atoms with van der Waals surface area (Å²) in [5.41, 5.74) is 0. The maximum atomic E-state index is 12.3. The second-order valence-electron chi connectivity index (χ2n) is 1.41. The highest BCUT2D eigenvalue weighted by Gasteiger charge is 1.99. The summed E-state index contributed by atoms with van der Waals surface area (Å²) in [6.07, 6.45) is 0. The highest BCUT2D eigenvalue weighted by molar-refractivity contribution is 14.1.